The van der Waals surface area contributed by atoms with Gasteiger partial charge >= 0.3 is 0 Å². The van der Waals surface area contributed by atoms with Crippen LogP contribution in [-0.2, 0) is 9.59 Å². The van der Waals surface area contributed by atoms with Gasteiger partial charge in [0.15, 0.2) is 12.7 Å². The highest BCUT2D eigenvalue weighted by atomic mass is 79.9. The van der Waals surface area contributed by atoms with Gasteiger partial charge in [0.05, 0.1) is 0 Å². The molecule has 0 unspecified atom stereocenters. The molecular weight excluding hydrogens is 395 g/mol. The summed E-state index contributed by atoms with van der Waals surface area (Å²) in [5.41, 5.74) is 4.46. The molecule has 0 saturated heterocycles. The summed E-state index contributed by atoms with van der Waals surface area (Å²) in [6.45, 7) is 1.23. The normalized spacial score (nSPS) is 11.3. The molecule has 0 aliphatic rings. The minimum absolute atomic E-state index is 0.326. The second-order valence-electron chi connectivity index (χ2n) is 4.99. The number of hydrazine groups is 1. The van der Waals surface area contributed by atoms with E-state index in [1.807, 2.05) is 0 Å². The molecule has 0 fully saturated rings. The first-order valence-corrected chi connectivity index (χ1v) is 8.12. The van der Waals surface area contributed by atoms with E-state index < -0.39 is 23.7 Å². The summed E-state index contributed by atoms with van der Waals surface area (Å²) in [6.07, 6.45) is -0.806. The van der Waals surface area contributed by atoms with Crippen molar-refractivity contribution in [2.24, 2.45) is 0 Å². The van der Waals surface area contributed by atoms with E-state index in [4.69, 9.17) is 9.47 Å². The molecule has 2 amide bonds. The molecule has 0 saturated carbocycles. The minimum atomic E-state index is -0.806. The maximum Gasteiger partial charge on any atom is 0.279 e. The molecule has 1 atom stereocenters. The van der Waals surface area contributed by atoms with Crippen molar-refractivity contribution < 1.29 is 23.5 Å². The number of amides is 2. The molecule has 25 heavy (non-hydrogen) atoms. The number of benzene rings is 2. The van der Waals surface area contributed by atoms with Gasteiger partial charge < -0.3 is 9.47 Å². The maximum absolute atomic E-state index is 12.8. The molecule has 2 rings (SSSR count). The number of carbonyl (C=O) groups is 2. The summed E-state index contributed by atoms with van der Waals surface area (Å²) in [4.78, 5) is 23.5. The number of carbonyl (C=O) groups excluding carboxylic acids is 2. The van der Waals surface area contributed by atoms with Gasteiger partial charge in [-0.05, 0) is 55.5 Å². The van der Waals surface area contributed by atoms with Gasteiger partial charge in [0.2, 0.25) is 0 Å². The lowest BCUT2D eigenvalue weighted by Crippen LogP contribution is -2.48. The maximum atomic E-state index is 12.8. The highest BCUT2D eigenvalue weighted by Gasteiger charge is 2.15. The Labute approximate surface area is 152 Å². The van der Waals surface area contributed by atoms with Crippen molar-refractivity contribution in [2.75, 3.05) is 6.61 Å². The number of halogens is 2. The quantitative estimate of drug-likeness (QED) is 0.717. The Kier molecular flexibility index (Phi) is 6.76. The molecule has 0 heterocycles. The number of hydrogen-bond acceptors (Lipinski definition) is 4. The zero-order chi connectivity index (χ0) is 18.2. The molecule has 6 nitrogen and oxygen atoms in total. The molecular formula is C17H16BrFN2O4. The van der Waals surface area contributed by atoms with E-state index in [1.54, 1.807) is 31.2 Å². The van der Waals surface area contributed by atoms with Gasteiger partial charge in [0, 0.05) is 4.47 Å². The molecule has 2 N–H and O–H groups in total. The topological polar surface area (TPSA) is 76.7 Å². The van der Waals surface area contributed by atoms with Crippen molar-refractivity contribution in [2.45, 2.75) is 13.0 Å². The third-order valence-electron chi connectivity index (χ3n) is 3.00. The molecule has 2 aromatic carbocycles. The number of hydrogen-bond donors (Lipinski definition) is 2. The van der Waals surface area contributed by atoms with Crippen LogP contribution in [0.4, 0.5) is 4.39 Å². The fourth-order valence-corrected chi connectivity index (χ4v) is 1.98. The van der Waals surface area contributed by atoms with Crippen molar-refractivity contribution >= 4 is 27.7 Å². The molecule has 0 aliphatic carbocycles. The molecule has 8 heteroatoms. The standard InChI is InChI=1S/C17H16BrFN2O4/c1-11(25-15-6-2-12(18)3-7-15)17(23)21-20-16(22)10-24-14-8-4-13(19)5-9-14/h2-9,11H,10H2,1H3,(H,20,22)(H,21,23)/t11-/m1/s1. The Morgan fingerprint density at radius 1 is 1.04 bits per heavy atom. The number of ether oxygens (including phenoxy) is 2. The smallest absolute Gasteiger partial charge is 0.279 e. The first kappa shape index (κ1) is 18.7. The van der Waals surface area contributed by atoms with Gasteiger partial charge in [-0.15, -0.1) is 0 Å². The van der Waals surface area contributed by atoms with Crippen molar-refractivity contribution in [3.63, 3.8) is 0 Å². The predicted molar refractivity (Wildman–Crippen MR) is 92.4 cm³/mol. The zero-order valence-electron chi connectivity index (χ0n) is 13.3. The van der Waals surface area contributed by atoms with Gasteiger partial charge in [-0.3, -0.25) is 20.4 Å². The number of rotatable bonds is 6. The molecule has 0 spiro atoms. The Bertz CT molecular complexity index is 722. The third-order valence-corrected chi connectivity index (χ3v) is 3.53. The van der Waals surface area contributed by atoms with Gasteiger partial charge in [0.1, 0.15) is 17.3 Å². The van der Waals surface area contributed by atoms with Crippen molar-refractivity contribution in [1.29, 1.82) is 0 Å². The van der Waals surface area contributed by atoms with E-state index in [2.05, 4.69) is 26.8 Å². The second-order valence-corrected chi connectivity index (χ2v) is 5.91. The van der Waals surface area contributed by atoms with Crippen molar-refractivity contribution in [3.8, 4) is 11.5 Å². The van der Waals surface area contributed by atoms with Crippen molar-refractivity contribution in [3.05, 3.63) is 58.8 Å². The van der Waals surface area contributed by atoms with Gasteiger partial charge in [0.25, 0.3) is 11.8 Å². The molecule has 2 aromatic rings. The van der Waals surface area contributed by atoms with Crippen LogP contribution < -0.4 is 20.3 Å². The lowest BCUT2D eigenvalue weighted by atomic mass is 10.3. The average molecular weight is 411 g/mol. The van der Waals surface area contributed by atoms with Crippen LogP contribution in [0.2, 0.25) is 0 Å². The SMILES string of the molecule is C[C@@H](Oc1ccc(Br)cc1)C(=O)NNC(=O)COc1ccc(F)cc1. The summed E-state index contributed by atoms with van der Waals surface area (Å²) in [5.74, 6) is -0.609. The van der Waals surface area contributed by atoms with E-state index in [1.165, 1.54) is 24.3 Å². The lowest BCUT2D eigenvalue weighted by molar-refractivity contribution is -0.133. The molecule has 132 valence electrons. The third kappa shape index (κ3) is 6.42. The second kappa shape index (κ2) is 9.03. The Morgan fingerprint density at radius 2 is 1.64 bits per heavy atom. The Hall–Kier alpha value is -2.61. The van der Waals surface area contributed by atoms with E-state index >= 15 is 0 Å². The number of nitrogens with one attached hydrogen (secondary N) is 2. The fraction of sp³-hybridized carbons (Fsp3) is 0.176. The van der Waals surface area contributed by atoms with E-state index in [0.29, 0.717) is 11.5 Å². The summed E-state index contributed by atoms with van der Waals surface area (Å²) in [6, 6.07) is 12.2. The summed E-state index contributed by atoms with van der Waals surface area (Å²) in [7, 11) is 0. The van der Waals surface area contributed by atoms with E-state index in [0.717, 1.165) is 4.47 Å². The van der Waals surface area contributed by atoms with Crippen LogP contribution in [0.3, 0.4) is 0 Å². The van der Waals surface area contributed by atoms with Crippen LogP contribution in [0.25, 0.3) is 0 Å². The first-order valence-electron chi connectivity index (χ1n) is 7.33. The highest BCUT2D eigenvalue weighted by Crippen LogP contribution is 2.17. The minimum Gasteiger partial charge on any atom is -0.484 e. The summed E-state index contributed by atoms with van der Waals surface area (Å²) < 4.78 is 24.3. The average Bonchev–Trinajstić information content (AvgIpc) is 2.61. The lowest BCUT2D eigenvalue weighted by Gasteiger charge is -2.15. The van der Waals surface area contributed by atoms with Gasteiger partial charge in [-0.1, -0.05) is 15.9 Å². The predicted octanol–water partition coefficient (Wildman–Crippen LogP) is 2.58. The fourth-order valence-electron chi connectivity index (χ4n) is 1.72. The van der Waals surface area contributed by atoms with Crippen LogP contribution in [0.15, 0.2) is 53.0 Å². The molecule has 0 bridgehead atoms. The molecule has 0 aliphatic heterocycles. The van der Waals surface area contributed by atoms with Crippen LogP contribution in [0.1, 0.15) is 6.92 Å². The highest BCUT2D eigenvalue weighted by molar-refractivity contribution is 9.10. The monoisotopic (exact) mass is 410 g/mol. The van der Waals surface area contributed by atoms with Crippen LogP contribution in [0, 0.1) is 5.82 Å². The Balaban J connectivity index is 1.71. The van der Waals surface area contributed by atoms with E-state index in [-0.39, 0.29) is 6.61 Å². The van der Waals surface area contributed by atoms with Crippen LogP contribution in [-0.4, -0.2) is 24.5 Å². The summed E-state index contributed by atoms with van der Waals surface area (Å²) in [5, 5.41) is 0. The molecule has 0 aromatic heterocycles. The zero-order valence-corrected chi connectivity index (χ0v) is 14.9. The Morgan fingerprint density at radius 3 is 2.28 bits per heavy atom. The first-order chi connectivity index (χ1) is 11.9. The summed E-state index contributed by atoms with van der Waals surface area (Å²) >= 11 is 3.30. The largest absolute Gasteiger partial charge is 0.484 e. The van der Waals surface area contributed by atoms with E-state index in [9.17, 15) is 14.0 Å². The van der Waals surface area contributed by atoms with Gasteiger partial charge in [-0.25, -0.2) is 4.39 Å². The van der Waals surface area contributed by atoms with Crippen LogP contribution in [0.5, 0.6) is 11.5 Å². The van der Waals surface area contributed by atoms with Gasteiger partial charge in [-0.2, -0.15) is 0 Å². The van der Waals surface area contributed by atoms with Crippen molar-refractivity contribution in [1.82, 2.24) is 10.9 Å². The van der Waals surface area contributed by atoms with Crippen LogP contribution >= 0.6 is 15.9 Å². The molecule has 0 radical (unpaired) electrons.